The zero-order valence-corrected chi connectivity index (χ0v) is 17.9. The number of alkyl halides is 3. The number of rotatable bonds is 7. The molecule has 27 heavy (non-hydrogen) atoms. The zero-order chi connectivity index (χ0) is 20.8. The van der Waals surface area contributed by atoms with E-state index in [4.69, 9.17) is 0 Å². The Morgan fingerprint density at radius 2 is 1.96 bits per heavy atom. The van der Waals surface area contributed by atoms with Gasteiger partial charge in [0.2, 0.25) is 0 Å². The first-order valence-corrected chi connectivity index (χ1v) is 10.1. The molecule has 0 saturated carbocycles. The molecule has 0 radical (unpaired) electrons. The van der Waals surface area contributed by atoms with Crippen molar-refractivity contribution in [3.05, 3.63) is 28.5 Å². The van der Waals surface area contributed by atoms with E-state index in [1.165, 1.54) is 13.0 Å². The molecule has 5 nitrogen and oxygen atoms in total. The molecule has 2 atom stereocenters. The van der Waals surface area contributed by atoms with Crippen LogP contribution in [-0.4, -0.2) is 38.7 Å². The van der Waals surface area contributed by atoms with Crippen molar-refractivity contribution in [1.82, 2.24) is 4.98 Å². The maximum Gasteiger partial charge on any atom is 0.392 e. The van der Waals surface area contributed by atoms with Crippen molar-refractivity contribution in [2.24, 2.45) is 10.3 Å². The van der Waals surface area contributed by atoms with Gasteiger partial charge in [0.05, 0.1) is 24.6 Å². The molecule has 1 rings (SSSR count). The van der Waals surface area contributed by atoms with E-state index in [2.05, 4.69) is 30.0 Å². The summed E-state index contributed by atoms with van der Waals surface area (Å²) in [4.78, 5) is 15.7. The Kier molecular flexibility index (Phi) is 8.75. The Balaban J connectivity index is 3.27. The lowest BCUT2D eigenvalue weighted by Gasteiger charge is -2.22. The average Bonchev–Trinajstić information content (AvgIpc) is 2.51. The van der Waals surface area contributed by atoms with E-state index in [-0.39, 0.29) is 18.0 Å². The number of hydrogen-bond donors (Lipinski definition) is 0. The number of pyridine rings is 1. The van der Waals surface area contributed by atoms with E-state index in [0.717, 1.165) is 0 Å². The van der Waals surface area contributed by atoms with Gasteiger partial charge in [-0.05, 0) is 55.8 Å². The van der Waals surface area contributed by atoms with E-state index in [1.807, 2.05) is 0 Å². The molecule has 0 aromatic carbocycles. The molecule has 0 fully saturated rings. The highest BCUT2D eigenvalue weighted by molar-refractivity contribution is 9.10. The number of carbonyl (C=O) groups excluding carboxylic acids is 1. The third-order valence-electron chi connectivity index (χ3n) is 3.35. The van der Waals surface area contributed by atoms with Crippen LogP contribution in [0.4, 0.5) is 13.2 Å². The smallest absolute Gasteiger partial charge is 0.392 e. The van der Waals surface area contributed by atoms with Gasteiger partial charge in [0.15, 0.2) is 0 Å². The second kappa shape index (κ2) is 9.88. The molecule has 0 aliphatic carbocycles. The molecule has 0 aliphatic rings. The molecule has 0 N–H and O–H groups in total. The normalized spacial score (nSPS) is 15.4. The molecule has 1 aromatic heterocycles. The van der Waals surface area contributed by atoms with Crippen molar-refractivity contribution in [2.75, 3.05) is 6.61 Å². The minimum Gasteiger partial charge on any atom is -0.591 e. The predicted octanol–water partition coefficient (Wildman–Crippen LogP) is 4.62. The Hall–Kier alpha value is -1.13. The second-order valence-electron chi connectivity index (χ2n) is 6.70. The molecule has 0 bridgehead atoms. The highest BCUT2D eigenvalue weighted by Gasteiger charge is 2.43. The van der Waals surface area contributed by atoms with Crippen LogP contribution in [0.2, 0.25) is 0 Å². The van der Waals surface area contributed by atoms with Crippen LogP contribution >= 0.6 is 15.9 Å². The molecule has 0 aliphatic heterocycles. The van der Waals surface area contributed by atoms with Gasteiger partial charge in [-0.15, -0.1) is 0 Å². The van der Waals surface area contributed by atoms with Gasteiger partial charge >= 0.3 is 12.1 Å². The Bertz CT molecular complexity index is 678. The zero-order valence-electron chi connectivity index (χ0n) is 15.5. The lowest BCUT2D eigenvalue weighted by Crippen LogP contribution is -2.31. The molecule has 0 spiro atoms. The van der Waals surface area contributed by atoms with E-state index in [0.29, 0.717) is 4.60 Å². The first-order chi connectivity index (χ1) is 12.3. The third kappa shape index (κ3) is 8.18. The average molecular weight is 471 g/mol. The summed E-state index contributed by atoms with van der Waals surface area (Å²) in [7, 11) is 0. The van der Waals surface area contributed by atoms with Gasteiger partial charge in [0, 0.05) is 6.42 Å². The Morgan fingerprint density at radius 1 is 1.33 bits per heavy atom. The standard InChI is InChI=1S/C17H22BrF3N2O3S/c1-5-26-15(24)10-11(17(19,20)21)9-13(23-27(25)16(2,3)4)12-7-6-8-14(18)22-12/h6-8,11H,5,9-10H2,1-4H3. The van der Waals surface area contributed by atoms with Crippen molar-refractivity contribution in [1.29, 1.82) is 0 Å². The number of ether oxygens (including phenoxy) is 1. The van der Waals surface area contributed by atoms with Crippen molar-refractivity contribution in [3.8, 4) is 0 Å². The van der Waals surface area contributed by atoms with E-state index in [9.17, 15) is 22.5 Å². The van der Waals surface area contributed by atoms with Crippen molar-refractivity contribution >= 4 is 39.0 Å². The fourth-order valence-corrected chi connectivity index (χ4v) is 2.94. The van der Waals surface area contributed by atoms with Gasteiger partial charge in [-0.1, -0.05) is 10.5 Å². The molecular weight excluding hydrogens is 449 g/mol. The quantitative estimate of drug-likeness (QED) is 0.252. The van der Waals surface area contributed by atoms with Crippen LogP contribution in [0.3, 0.4) is 0 Å². The highest BCUT2D eigenvalue weighted by atomic mass is 79.9. The summed E-state index contributed by atoms with van der Waals surface area (Å²) in [6.07, 6.45) is -6.12. The number of carbonyl (C=O) groups is 1. The van der Waals surface area contributed by atoms with Gasteiger partial charge < -0.3 is 9.29 Å². The van der Waals surface area contributed by atoms with Gasteiger partial charge in [0.1, 0.15) is 26.4 Å². The maximum atomic E-state index is 13.5. The number of nitrogens with zero attached hydrogens (tertiary/aromatic N) is 2. The molecule has 0 saturated heterocycles. The minimum absolute atomic E-state index is 0.00835. The van der Waals surface area contributed by atoms with E-state index >= 15 is 0 Å². The molecule has 152 valence electrons. The molecule has 0 amide bonds. The summed E-state index contributed by atoms with van der Waals surface area (Å²) >= 11 is 1.38. The monoisotopic (exact) mass is 470 g/mol. The Morgan fingerprint density at radius 3 is 2.44 bits per heavy atom. The van der Waals surface area contributed by atoms with Gasteiger partial charge in [-0.3, -0.25) is 4.79 Å². The summed E-state index contributed by atoms with van der Waals surface area (Å²) in [6.45, 7) is 6.51. The number of esters is 1. The van der Waals surface area contributed by atoms with Crippen LogP contribution in [0.5, 0.6) is 0 Å². The lowest BCUT2D eigenvalue weighted by atomic mass is 9.96. The minimum atomic E-state index is -4.65. The fourth-order valence-electron chi connectivity index (χ4n) is 1.95. The van der Waals surface area contributed by atoms with Crippen LogP contribution in [0.15, 0.2) is 27.2 Å². The first-order valence-electron chi connectivity index (χ1n) is 8.19. The summed E-state index contributed by atoms with van der Waals surface area (Å²) in [6, 6.07) is 4.69. The maximum absolute atomic E-state index is 13.5. The third-order valence-corrected chi connectivity index (χ3v) is 5.22. The van der Waals surface area contributed by atoms with E-state index in [1.54, 1.807) is 32.9 Å². The molecule has 1 aromatic rings. The molecular formula is C17H22BrF3N2O3S. The summed E-state index contributed by atoms with van der Waals surface area (Å²) in [5.41, 5.74) is 0.0938. The van der Waals surface area contributed by atoms with Crippen molar-refractivity contribution in [2.45, 2.75) is 51.5 Å². The summed E-state index contributed by atoms with van der Waals surface area (Å²) < 4.78 is 61.2. The second-order valence-corrected chi connectivity index (χ2v) is 9.41. The fraction of sp³-hybridized carbons (Fsp3) is 0.588. The number of halogens is 4. The van der Waals surface area contributed by atoms with Crippen LogP contribution in [0, 0.1) is 5.92 Å². The van der Waals surface area contributed by atoms with Gasteiger partial charge in [-0.25, -0.2) is 4.98 Å². The van der Waals surface area contributed by atoms with Crippen molar-refractivity contribution < 1.29 is 27.3 Å². The highest BCUT2D eigenvalue weighted by Crippen LogP contribution is 2.33. The van der Waals surface area contributed by atoms with Crippen LogP contribution in [0.1, 0.15) is 46.2 Å². The summed E-state index contributed by atoms with van der Waals surface area (Å²) in [5.74, 6) is -2.97. The number of aromatic nitrogens is 1. The van der Waals surface area contributed by atoms with Gasteiger partial charge in [-0.2, -0.15) is 13.2 Å². The molecule has 1 heterocycles. The van der Waals surface area contributed by atoms with Crippen LogP contribution < -0.4 is 0 Å². The SMILES string of the molecule is CCOC(=O)CC(CC(=N[S+]([O-])C(C)(C)C)c1cccc(Br)n1)C(F)(F)F. The predicted molar refractivity (Wildman–Crippen MR) is 102 cm³/mol. The van der Waals surface area contributed by atoms with Gasteiger partial charge in [0.25, 0.3) is 0 Å². The lowest BCUT2D eigenvalue weighted by molar-refractivity contribution is -0.182. The van der Waals surface area contributed by atoms with Crippen molar-refractivity contribution in [3.63, 3.8) is 0 Å². The van der Waals surface area contributed by atoms with Crippen LogP contribution in [0.25, 0.3) is 0 Å². The van der Waals surface area contributed by atoms with E-state index < -0.39 is 47.0 Å². The molecule has 10 heteroatoms. The van der Waals surface area contributed by atoms with Crippen LogP contribution in [-0.2, 0) is 20.9 Å². The largest absolute Gasteiger partial charge is 0.591 e. The topological polar surface area (TPSA) is 74.6 Å². The Labute approximate surface area is 168 Å². The number of hydrogen-bond acceptors (Lipinski definition) is 5. The first kappa shape index (κ1) is 23.9. The molecule has 2 unspecified atom stereocenters. The summed E-state index contributed by atoms with van der Waals surface area (Å²) in [5, 5.41) is 0.